The molecule has 0 heteroatoms. The fourth-order valence-corrected chi connectivity index (χ4v) is 10.9. The highest BCUT2D eigenvalue weighted by atomic mass is 14.4. The van der Waals surface area contributed by atoms with Gasteiger partial charge in [-0.15, -0.1) is 0 Å². The lowest BCUT2D eigenvalue weighted by atomic mass is 9.71. The Morgan fingerprint density at radius 2 is 1.02 bits per heavy atom. The minimum Gasteiger partial charge on any atom is -0.0620 e. The van der Waals surface area contributed by atoms with E-state index in [0.717, 1.165) is 19.3 Å². The molecule has 3 atom stereocenters. The van der Waals surface area contributed by atoms with Gasteiger partial charge >= 0.3 is 0 Å². The highest BCUT2D eigenvalue weighted by Crippen LogP contribution is 2.53. The van der Waals surface area contributed by atoms with Crippen LogP contribution in [0, 0.1) is 0 Å². The van der Waals surface area contributed by atoms with Crippen molar-refractivity contribution in [3.05, 3.63) is 203 Å². The average Bonchev–Trinajstić information content (AvgIpc) is 3.48. The fraction of sp³-hybridized carbons (Fsp3) is 0.127. The monoisotopic (exact) mass is 700 g/mol. The highest BCUT2D eigenvalue weighted by molar-refractivity contribution is 6.25. The van der Waals surface area contributed by atoms with E-state index in [-0.39, 0.29) is 0 Å². The molecule has 9 aromatic rings. The van der Waals surface area contributed by atoms with E-state index in [4.69, 9.17) is 0 Å². The van der Waals surface area contributed by atoms with Crippen LogP contribution >= 0.6 is 0 Å². The summed E-state index contributed by atoms with van der Waals surface area (Å²) in [7, 11) is 0. The molecule has 3 aliphatic rings. The molecule has 0 bridgehead atoms. The van der Waals surface area contributed by atoms with Crippen molar-refractivity contribution >= 4 is 32.3 Å². The average molecular weight is 701 g/mol. The zero-order valence-electron chi connectivity index (χ0n) is 31.0. The van der Waals surface area contributed by atoms with Crippen LogP contribution in [0.15, 0.2) is 170 Å². The maximum Gasteiger partial charge on any atom is 0.0111 e. The second kappa shape index (κ2) is 11.9. The minimum absolute atomic E-state index is 0.345. The predicted molar refractivity (Wildman–Crippen MR) is 232 cm³/mol. The molecule has 3 unspecified atom stereocenters. The maximum absolute atomic E-state index is 2.50. The summed E-state index contributed by atoms with van der Waals surface area (Å²) >= 11 is 0. The number of benzene rings is 9. The van der Waals surface area contributed by atoms with Gasteiger partial charge in [-0.25, -0.2) is 0 Å². The van der Waals surface area contributed by atoms with Crippen molar-refractivity contribution in [2.45, 2.75) is 43.9 Å². The molecule has 3 aliphatic carbocycles. The summed E-state index contributed by atoms with van der Waals surface area (Å²) in [5.41, 5.74) is 19.9. The van der Waals surface area contributed by atoms with E-state index in [2.05, 4.69) is 177 Å². The molecular formula is C55H40. The van der Waals surface area contributed by atoms with E-state index in [1.165, 1.54) is 110 Å². The molecule has 0 saturated heterocycles. The second-order valence-corrected chi connectivity index (χ2v) is 16.3. The van der Waals surface area contributed by atoms with Gasteiger partial charge in [-0.1, -0.05) is 165 Å². The van der Waals surface area contributed by atoms with E-state index in [1.54, 1.807) is 0 Å². The van der Waals surface area contributed by atoms with Crippen molar-refractivity contribution in [1.82, 2.24) is 0 Å². The Balaban J connectivity index is 0.967. The van der Waals surface area contributed by atoms with Crippen LogP contribution in [0.4, 0.5) is 0 Å². The van der Waals surface area contributed by atoms with Crippen molar-refractivity contribution in [2.24, 2.45) is 0 Å². The summed E-state index contributed by atoms with van der Waals surface area (Å²) in [4.78, 5) is 0. The molecule has 0 heterocycles. The molecule has 0 nitrogen and oxygen atoms in total. The first-order chi connectivity index (χ1) is 27.2. The van der Waals surface area contributed by atoms with Gasteiger partial charge in [0.25, 0.3) is 0 Å². The Labute approximate surface area is 322 Å². The number of aryl methyl sites for hydroxylation is 1. The third kappa shape index (κ3) is 4.58. The summed E-state index contributed by atoms with van der Waals surface area (Å²) in [6.45, 7) is 2.46. The molecule has 0 fully saturated rings. The van der Waals surface area contributed by atoms with Crippen LogP contribution in [-0.4, -0.2) is 0 Å². The van der Waals surface area contributed by atoms with Crippen molar-refractivity contribution in [3.63, 3.8) is 0 Å². The molecular weight excluding hydrogens is 661 g/mol. The number of hydrogen-bond donors (Lipinski definition) is 0. The van der Waals surface area contributed by atoms with Crippen LogP contribution in [0.3, 0.4) is 0 Å². The molecule has 0 aromatic heterocycles. The minimum atomic E-state index is 0.345. The van der Waals surface area contributed by atoms with Gasteiger partial charge in [0, 0.05) is 5.92 Å². The molecule has 12 rings (SSSR count). The SMILES string of the molecule is CC(c1ccc2c3ccccc3c3ccccc3c2c1)C1Cc2ccccc2-c2cc(-c3ccc4c(c3)-c3cccc5c3C(CC4)c3ccccc3-5)ccc21. The van der Waals surface area contributed by atoms with Gasteiger partial charge < -0.3 is 0 Å². The van der Waals surface area contributed by atoms with E-state index >= 15 is 0 Å². The Morgan fingerprint density at radius 3 is 1.80 bits per heavy atom. The van der Waals surface area contributed by atoms with Gasteiger partial charge in [-0.3, -0.25) is 0 Å². The molecule has 0 amide bonds. The van der Waals surface area contributed by atoms with Gasteiger partial charge in [0.1, 0.15) is 0 Å². The summed E-state index contributed by atoms with van der Waals surface area (Å²) in [5.74, 6) is 1.19. The van der Waals surface area contributed by atoms with Crippen LogP contribution < -0.4 is 0 Å². The van der Waals surface area contributed by atoms with Crippen molar-refractivity contribution in [2.75, 3.05) is 0 Å². The predicted octanol–water partition coefficient (Wildman–Crippen LogP) is 14.6. The Morgan fingerprint density at radius 1 is 0.418 bits per heavy atom. The van der Waals surface area contributed by atoms with Crippen LogP contribution in [0.25, 0.3) is 76.8 Å². The van der Waals surface area contributed by atoms with E-state index in [9.17, 15) is 0 Å². The number of rotatable bonds is 3. The second-order valence-electron chi connectivity index (χ2n) is 16.3. The summed E-state index contributed by atoms with van der Waals surface area (Å²) < 4.78 is 0. The van der Waals surface area contributed by atoms with Crippen LogP contribution in [0.2, 0.25) is 0 Å². The summed E-state index contributed by atoms with van der Waals surface area (Å²) in [6, 6.07) is 65.0. The third-order valence-electron chi connectivity index (χ3n) is 13.6. The van der Waals surface area contributed by atoms with E-state index in [1.807, 2.05) is 0 Å². The van der Waals surface area contributed by atoms with Gasteiger partial charge in [-0.05, 0) is 153 Å². The molecule has 0 saturated carbocycles. The molecule has 9 aromatic carbocycles. The van der Waals surface area contributed by atoms with E-state index in [0.29, 0.717) is 17.8 Å². The van der Waals surface area contributed by atoms with Gasteiger partial charge in [0.15, 0.2) is 0 Å². The van der Waals surface area contributed by atoms with Gasteiger partial charge in [-0.2, -0.15) is 0 Å². The smallest absolute Gasteiger partial charge is 0.0111 e. The van der Waals surface area contributed by atoms with Crippen molar-refractivity contribution in [3.8, 4) is 44.5 Å². The lowest BCUT2D eigenvalue weighted by Crippen LogP contribution is -2.17. The largest absolute Gasteiger partial charge is 0.0620 e. The zero-order valence-corrected chi connectivity index (χ0v) is 31.0. The molecule has 0 N–H and O–H groups in total. The molecule has 0 spiro atoms. The molecule has 260 valence electrons. The quantitative estimate of drug-likeness (QED) is 0.161. The fourth-order valence-electron chi connectivity index (χ4n) is 10.9. The Kier molecular flexibility index (Phi) is 6.73. The summed E-state index contributed by atoms with van der Waals surface area (Å²) in [5, 5.41) is 8.03. The zero-order chi connectivity index (χ0) is 36.2. The highest BCUT2D eigenvalue weighted by Gasteiger charge is 2.34. The maximum atomic E-state index is 2.50. The molecule has 0 radical (unpaired) electrons. The lowest BCUT2D eigenvalue weighted by Gasteiger charge is -2.33. The molecule has 55 heavy (non-hydrogen) atoms. The number of hydrogen-bond acceptors (Lipinski definition) is 0. The third-order valence-corrected chi connectivity index (χ3v) is 13.6. The topological polar surface area (TPSA) is 0 Å². The van der Waals surface area contributed by atoms with Gasteiger partial charge in [0.05, 0.1) is 0 Å². The number of fused-ring (bicyclic) bond motifs is 14. The van der Waals surface area contributed by atoms with Crippen LogP contribution in [-0.2, 0) is 12.8 Å². The normalized spacial score (nSPS) is 16.9. The van der Waals surface area contributed by atoms with Crippen LogP contribution in [0.5, 0.6) is 0 Å². The Bertz CT molecular complexity index is 3010. The van der Waals surface area contributed by atoms with Gasteiger partial charge in [0.2, 0.25) is 0 Å². The van der Waals surface area contributed by atoms with Crippen LogP contribution in [0.1, 0.15) is 64.5 Å². The first kappa shape index (κ1) is 31.1. The lowest BCUT2D eigenvalue weighted by molar-refractivity contribution is 0.568. The molecule has 0 aliphatic heterocycles. The Hall–Kier alpha value is -6.24. The first-order valence-corrected chi connectivity index (χ1v) is 20.1. The van der Waals surface area contributed by atoms with Crippen molar-refractivity contribution < 1.29 is 0 Å². The van der Waals surface area contributed by atoms with Crippen molar-refractivity contribution in [1.29, 1.82) is 0 Å². The first-order valence-electron chi connectivity index (χ1n) is 20.1. The standard InChI is InChI=1S/C55H40/c1-33(35-24-26-46-42-15-5-4-13-40(42)41-14-6-9-18-45(41)54(46)29-35)51-32-38-11-2-3-12-39(38)53-31-37(25-27-47(51)53)36-22-21-34-23-28-50-44-17-8-7-16-43(44)48-19-10-20-49(55(48)50)52(34)30-36/h2-22,24-27,29-31,33,50-51H,23,28,32H2,1H3. The van der Waals surface area contributed by atoms with E-state index < -0.39 is 0 Å². The summed E-state index contributed by atoms with van der Waals surface area (Å²) in [6.07, 6.45) is 3.30.